The summed E-state index contributed by atoms with van der Waals surface area (Å²) >= 11 is 0. The fourth-order valence-corrected chi connectivity index (χ4v) is 5.30. The van der Waals surface area contributed by atoms with E-state index in [4.69, 9.17) is 8.37 Å². The second-order valence-electron chi connectivity index (χ2n) is 7.65. The Hall–Kier alpha value is -2.18. The van der Waals surface area contributed by atoms with Crippen molar-refractivity contribution in [1.82, 2.24) is 0 Å². The topological polar surface area (TPSA) is 86.7 Å². The van der Waals surface area contributed by atoms with Crippen molar-refractivity contribution >= 4 is 20.2 Å². The van der Waals surface area contributed by atoms with Gasteiger partial charge in [-0.15, -0.1) is 0 Å². The van der Waals surface area contributed by atoms with Gasteiger partial charge in [0.05, 0.1) is 29.3 Å². The predicted octanol–water partition coefficient (Wildman–Crippen LogP) is 3.74. The summed E-state index contributed by atoms with van der Waals surface area (Å²) in [5.41, 5.74) is -0.0539. The van der Waals surface area contributed by atoms with Gasteiger partial charge in [0, 0.05) is 5.56 Å². The summed E-state index contributed by atoms with van der Waals surface area (Å²) in [7, 11) is -7.62. The fraction of sp³-hybridized carbons (Fsp3) is 0.391. The summed E-state index contributed by atoms with van der Waals surface area (Å²) in [4.78, 5) is 0.0814. The van der Waals surface area contributed by atoms with Gasteiger partial charge < -0.3 is 0 Å². The molecule has 0 unspecified atom stereocenters. The Kier molecular flexibility index (Phi) is 7.55. The first kappa shape index (κ1) is 23.5. The predicted molar refractivity (Wildman–Crippen MR) is 118 cm³/mol. The molecule has 0 N–H and O–H groups in total. The van der Waals surface area contributed by atoms with Crippen LogP contribution in [0.2, 0.25) is 0 Å². The van der Waals surface area contributed by atoms with Gasteiger partial charge in [-0.05, 0) is 43.5 Å². The minimum Gasteiger partial charge on any atom is -0.270 e. The molecule has 8 heteroatoms. The van der Waals surface area contributed by atoms with Gasteiger partial charge in [0.25, 0.3) is 20.2 Å². The molecule has 1 saturated carbocycles. The standard InChI is InChI=1S/C23H26O6S2/c1-30(24,25)28-19-18-23(17-15-20-10-4-2-5-11-20)16-9-8-14-22(23)29-31(26,27)21-12-6-3-7-13-21/h2-7,10-13,22H,8-9,14,16,18-19H2,1H3/t22-,23-/m0/s1. The quantitative estimate of drug-likeness (QED) is 0.460. The van der Waals surface area contributed by atoms with Gasteiger partial charge in [-0.1, -0.05) is 61.1 Å². The van der Waals surface area contributed by atoms with Crippen LogP contribution in [0.25, 0.3) is 0 Å². The summed E-state index contributed by atoms with van der Waals surface area (Å²) in [6, 6.07) is 17.4. The zero-order valence-corrected chi connectivity index (χ0v) is 19.0. The van der Waals surface area contributed by atoms with E-state index >= 15 is 0 Å². The average molecular weight is 463 g/mol. The Bertz CT molecular complexity index is 1130. The third kappa shape index (κ3) is 6.65. The van der Waals surface area contributed by atoms with E-state index in [0.29, 0.717) is 12.8 Å². The van der Waals surface area contributed by atoms with Crippen LogP contribution in [0, 0.1) is 17.3 Å². The molecular weight excluding hydrogens is 436 g/mol. The van der Waals surface area contributed by atoms with Gasteiger partial charge in [-0.2, -0.15) is 16.8 Å². The second kappa shape index (κ2) is 9.96. The van der Waals surface area contributed by atoms with Crippen molar-refractivity contribution in [2.45, 2.75) is 43.1 Å². The van der Waals surface area contributed by atoms with E-state index in [2.05, 4.69) is 11.8 Å². The van der Waals surface area contributed by atoms with Crippen LogP contribution in [0.3, 0.4) is 0 Å². The first-order valence-electron chi connectivity index (χ1n) is 10.1. The van der Waals surface area contributed by atoms with Gasteiger partial charge in [-0.25, -0.2) is 0 Å². The number of hydrogen-bond acceptors (Lipinski definition) is 6. The minimum absolute atomic E-state index is 0.0814. The van der Waals surface area contributed by atoms with E-state index in [0.717, 1.165) is 24.7 Å². The first-order chi connectivity index (χ1) is 14.7. The summed E-state index contributed by atoms with van der Waals surface area (Å²) in [6.45, 7) is -0.0897. The summed E-state index contributed by atoms with van der Waals surface area (Å²) in [5, 5.41) is 0. The molecule has 0 heterocycles. The highest BCUT2D eigenvalue weighted by Gasteiger charge is 2.43. The zero-order valence-electron chi connectivity index (χ0n) is 17.4. The molecule has 2 aromatic carbocycles. The maximum atomic E-state index is 12.9. The molecule has 0 aliphatic heterocycles. The smallest absolute Gasteiger partial charge is 0.270 e. The van der Waals surface area contributed by atoms with Crippen molar-refractivity contribution in [1.29, 1.82) is 0 Å². The molecule has 0 spiro atoms. The molecule has 2 aromatic rings. The van der Waals surface area contributed by atoms with Crippen molar-refractivity contribution in [3.8, 4) is 11.8 Å². The van der Waals surface area contributed by atoms with Crippen LogP contribution < -0.4 is 0 Å². The lowest BCUT2D eigenvalue weighted by molar-refractivity contribution is 0.0385. The lowest BCUT2D eigenvalue weighted by atomic mass is 9.70. The van der Waals surface area contributed by atoms with Crippen molar-refractivity contribution in [2.75, 3.05) is 12.9 Å². The molecule has 3 rings (SSSR count). The molecule has 1 aliphatic carbocycles. The zero-order chi connectivity index (χ0) is 22.4. The van der Waals surface area contributed by atoms with Crippen LogP contribution in [0.15, 0.2) is 65.6 Å². The molecule has 0 saturated heterocycles. The maximum absolute atomic E-state index is 12.9. The van der Waals surface area contributed by atoms with Gasteiger partial charge in [0.1, 0.15) is 0 Å². The Morgan fingerprint density at radius 1 is 0.968 bits per heavy atom. The van der Waals surface area contributed by atoms with Crippen LogP contribution in [0.5, 0.6) is 0 Å². The van der Waals surface area contributed by atoms with Crippen LogP contribution in [0.1, 0.15) is 37.7 Å². The average Bonchev–Trinajstić information content (AvgIpc) is 2.74. The largest absolute Gasteiger partial charge is 0.297 e. The van der Waals surface area contributed by atoms with Crippen molar-refractivity contribution in [3.63, 3.8) is 0 Å². The highest BCUT2D eigenvalue weighted by molar-refractivity contribution is 7.86. The third-order valence-electron chi connectivity index (χ3n) is 5.31. The molecular formula is C23H26O6S2. The molecule has 0 aromatic heterocycles. The highest BCUT2D eigenvalue weighted by Crippen LogP contribution is 2.42. The van der Waals surface area contributed by atoms with Crippen molar-refractivity contribution in [2.24, 2.45) is 5.41 Å². The van der Waals surface area contributed by atoms with E-state index in [9.17, 15) is 16.8 Å². The Balaban J connectivity index is 1.94. The van der Waals surface area contributed by atoms with Gasteiger partial charge in [0.2, 0.25) is 0 Å². The fourth-order valence-electron chi connectivity index (χ4n) is 3.73. The minimum atomic E-state index is -3.99. The molecule has 6 nitrogen and oxygen atoms in total. The lowest BCUT2D eigenvalue weighted by Crippen LogP contribution is -2.41. The second-order valence-corrected chi connectivity index (χ2v) is 10.9. The van der Waals surface area contributed by atoms with Crippen molar-refractivity contribution < 1.29 is 25.2 Å². The number of hydrogen-bond donors (Lipinski definition) is 0. The number of benzene rings is 2. The van der Waals surface area contributed by atoms with E-state index < -0.39 is 31.8 Å². The molecule has 2 atom stereocenters. The van der Waals surface area contributed by atoms with Gasteiger partial charge in [0.15, 0.2) is 0 Å². The molecule has 166 valence electrons. The van der Waals surface area contributed by atoms with Crippen LogP contribution in [-0.4, -0.2) is 35.8 Å². The number of rotatable bonds is 7. The van der Waals surface area contributed by atoms with Crippen LogP contribution in [-0.2, 0) is 28.6 Å². The Labute approximate surface area is 184 Å². The first-order valence-corrected chi connectivity index (χ1v) is 13.3. The SMILES string of the molecule is CS(=O)(=O)OCC[C@@]1(C#Cc2ccccc2)CCCC[C@@H]1OS(=O)(=O)c1ccccc1. The van der Waals surface area contributed by atoms with Crippen LogP contribution in [0.4, 0.5) is 0 Å². The normalized spacial score (nSPS) is 21.8. The maximum Gasteiger partial charge on any atom is 0.297 e. The van der Waals surface area contributed by atoms with E-state index in [1.165, 1.54) is 12.1 Å². The monoisotopic (exact) mass is 462 g/mol. The molecule has 31 heavy (non-hydrogen) atoms. The summed E-state index contributed by atoms with van der Waals surface area (Å²) in [5.74, 6) is 6.38. The van der Waals surface area contributed by atoms with Gasteiger partial charge in [-0.3, -0.25) is 8.37 Å². The molecule has 0 bridgehead atoms. The summed E-state index contributed by atoms with van der Waals surface area (Å²) < 4.78 is 59.4. The molecule has 1 aliphatic rings. The molecule has 0 amide bonds. The third-order valence-corrected chi connectivity index (χ3v) is 7.24. The Morgan fingerprint density at radius 3 is 2.26 bits per heavy atom. The lowest BCUT2D eigenvalue weighted by Gasteiger charge is -2.39. The van der Waals surface area contributed by atoms with Crippen molar-refractivity contribution in [3.05, 3.63) is 66.2 Å². The van der Waals surface area contributed by atoms with E-state index in [1.54, 1.807) is 18.2 Å². The van der Waals surface area contributed by atoms with Gasteiger partial charge >= 0.3 is 0 Å². The van der Waals surface area contributed by atoms with E-state index in [-0.39, 0.29) is 17.9 Å². The van der Waals surface area contributed by atoms with E-state index in [1.807, 2.05) is 30.3 Å². The summed E-state index contributed by atoms with van der Waals surface area (Å²) in [6.07, 6.45) is 3.28. The van der Waals surface area contributed by atoms with Crippen LogP contribution >= 0.6 is 0 Å². The Morgan fingerprint density at radius 2 is 1.61 bits per heavy atom. The highest BCUT2D eigenvalue weighted by atomic mass is 32.2. The molecule has 0 radical (unpaired) electrons. The molecule has 1 fully saturated rings.